The lowest BCUT2D eigenvalue weighted by atomic mass is 9.95. The van der Waals surface area contributed by atoms with Crippen molar-refractivity contribution in [1.29, 1.82) is 15.8 Å². The Morgan fingerprint density at radius 1 is 0.380 bits per heavy atom. The Morgan fingerprint density at radius 2 is 0.940 bits per heavy atom. The first-order chi connectivity index (χ1) is 24.7. The highest BCUT2D eigenvalue weighted by molar-refractivity contribution is 6.11. The van der Waals surface area contributed by atoms with Crippen LogP contribution < -0.4 is 0 Å². The van der Waals surface area contributed by atoms with E-state index in [1.165, 1.54) is 21.8 Å². The van der Waals surface area contributed by atoms with Crippen LogP contribution in [0, 0.1) is 34.0 Å². The molecule has 2 aromatic heterocycles. The summed E-state index contributed by atoms with van der Waals surface area (Å²) in [5.41, 5.74) is 11.5. The van der Waals surface area contributed by atoms with Crippen molar-refractivity contribution in [1.82, 2.24) is 9.13 Å². The molecule has 0 saturated carbocycles. The number of benzene rings is 7. The molecule has 0 fully saturated rings. The van der Waals surface area contributed by atoms with Crippen LogP contribution in [0.3, 0.4) is 0 Å². The maximum Gasteiger partial charge on any atom is 0.0998 e. The van der Waals surface area contributed by atoms with E-state index in [1.54, 1.807) is 12.1 Å². The summed E-state index contributed by atoms with van der Waals surface area (Å²) in [4.78, 5) is 0. The van der Waals surface area contributed by atoms with Gasteiger partial charge in [-0.15, -0.1) is 0 Å². The monoisotopic (exact) mass is 635 g/mol. The second kappa shape index (κ2) is 11.4. The minimum absolute atomic E-state index is 0.536. The molecule has 0 aliphatic carbocycles. The highest BCUT2D eigenvalue weighted by Crippen LogP contribution is 2.39. The minimum Gasteiger partial charge on any atom is -0.309 e. The van der Waals surface area contributed by atoms with Gasteiger partial charge >= 0.3 is 0 Å². The van der Waals surface area contributed by atoms with Crippen molar-refractivity contribution < 1.29 is 0 Å². The van der Waals surface area contributed by atoms with Gasteiger partial charge in [-0.1, -0.05) is 84.9 Å². The molecule has 0 aliphatic heterocycles. The number of fused-ring (bicyclic) bond motifs is 6. The largest absolute Gasteiger partial charge is 0.309 e. The van der Waals surface area contributed by atoms with E-state index in [9.17, 15) is 15.8 Å². The summed E-state index contributed by atoms with van der Waals surface area (Å²) in [5.74, 6) is 0. The first-order valence-electron chi connectivity index (χ1n) is 16.3. The normalized spacial score (nSPS) is 11.1. The smallest absolute Gasteiger partial charge is 0.0998 e. The zero-order valence-electron chi connectivity index (χ0n) is 26.7. The number of para-hydroxylation sites is 2. The average Bonchev–Trinajstić information content (AvgIpc) is 3.69. The van der Waals surface area contributed by atoms with Gasteiger partial charge in [0.15, 0.2) is 0 Å². The van der Waals surface area contributed by atoms with Crippen molar-refractivity contribution in [3.8, 4) is 51.8 Å². The number of nitriles is 3. The number of nitrogens with zero attached hydrogens (tertiary/aromatic N) is 5. The molecule has 5 nitrogen and oxygen atoms in total. The van der Waals surface area contributed by atoms with E-state index in [4.69, 9.17) is 0 Å². The molecule has 0 saturated heterocycles. The van der Waals surface area contributed by atoms with E-state index in [-0.39, 0.29) is 0 Å². The predicted octanol–water partition coefficient (Wildman–Crippen LogP) is 10.8. The molecule has 0 radical (unpaired) electrons. The number of rotatable bonds is 4. The fourth-order valence-corrected chi connectivity index (χ4v) is 7.38. The van der Waals surface area contributed by atoms with Crippen molar-refractivity contribution in [2.45, 2.75) is 0 Å². The van der Waals surface area contributed by atoms with Crippen LogP contribution in [0.1, 0.15) is 16.7 Å². The van der Waals surface area contributed by atoms with Crippen LogP contribution in [0.4, 0.5) is 0 Å². The van der Waals surface area contributed by atoms with Crippen LogP contribution in [0.25, 0.3) is 77.2 Å². The molecule has 9 aromatic rings. The SMILES string of the molecule is N#Cc1ccc2c(c1)c1ccc(C#N)cc1n2-c1cccc(C#N)c1-c1ccc(-c2ccc(-n3c4ccccc4c4ccccc43)cc2)cc1. The molecule has 0 spiro atoms. The number of aromatic nitrogens is 2. The highest BCUT2D eigenvalue weighted by Gasteiger charge is 2.19. The first-order valence-corrected chi connectivity index (χ1v) is 16.3. The molecule has 0 unspecified atom stereocenters. The lowest BCUT2D eigenvalue weighted by Gasteiger charge is -2.16. The predicted molar refractivity (Wildman–Crippen MR) is 200 cm³/mol. The third-order valence-electron chi connectivity index (χ3n) is 9.64. The Labute approximate surface area is 287 Å². The minimum atomic E-state index is 0.536. The van der Waals surface area contributed by atoms with Crippen LogP contribution in [0.5, 0.6) is 0 Å². The summed E-state index contributed by atoms with van der Waals surface area (Å²) >= 11 is 0. The summed E-state index contributed by atoms with van der Waals surface area (Å²) in [5, 5.41) is 34.0. The Bertz CT molecular complexity index is 2890. The topological polar surface area (TPSA) is 81.2 Å². The zero-order chi connectivity index (χ0) is 33.8. The molecule has 7 aromatic carbocycles. The third kappa shape index (κ3) is 4.38. The van der Waals surface area contributed by atoms with E-state index >= 15 is 0 Å². The Balaban J connectivity index is 1.15. The molecule has 50 heavy (non-hydrogen) atoms. The van der Waals surface area contributed by atoms with Gasteiger partial charge in [0.05, 0.1) is 62.7 Å². The van der Waals surface area contributed by atoms with Gasteiger partial charge in [0, 0.05) is 32.8 Å². The van der Waals surface area contributed by atoms with Crippen molar-refractivity contribution in [3.05, 3.63) is 168 Å². The third-order valence-corrected chi connectivity index (χ3v) is 9.64. The van der Waals surface area contributed by atoms with E-state index in [2.05, 4.69) is 124 Å². The van der Waals surface area contributed by atoms with Crippen molar-refractivity contribution in [3.63, 3.8) is 0 Å². The van der Waals surface area contributed by atoms with Gasteiger partial charge in [-0.25, -0.2) is 0 Å². The van der Waals surface area contributed by atoms with E-state index < -0.39 is 0 Å². The number of hydrogen-bond donors (Lipinski definition) is 0. The molecule has 2 heterocycles. The number of hydrogen-bond acceptors (Lipinski definition) is 3. The van der Waals surface area contributed by atoms with E-state index in [1.807, 2.05) is 42.5 Å². The van der Waals surface area contributed by atoms with Crippen LogP contribution in [0.2, 0.25) is 0 Å². The Hall–Kier alpha value is -7.39. The maximum atomic E-state index is 10.3. The molecule has 0 atom stereocenters. The average molecular weight is 636 g/mol. The van der Waals surface area contributed by atoms with Crippen LogP contribution >= 0.6 is 0 Å². The molecule has 5 heteroatoms. The fourth-order valence-electron chi connectivity index (χ4n) is 7.38. The highest BCUT2D eigenvalue weighted by atomic mass is 15.0. The quantitative estimate of drug-likeness (QED) is 0.193. The Kier molecular flexibility index (Phi) is 6.56. The summed E-state index contributed by atoms with van der Waals surface area (Å²) in [6.45, 7) is 0. The zero-order valence-corrected chi connectivity index (χ0v) is 26.7. The van der Waals surface area contributed by atoms with Crippen molar-refractivity contribution >= 4 is 43.6 Å². The maximum absolute atomic E-state index is 10.3. The molecule has 9 rings (SSSR count). The summed E-state index contributed by atoms with van der Waals surface area (Å²) in [7, 11) is 0. The fraction of sp³-hybridized carbons (Fsp3) is 0. The second-order valence-corrected chi connectivity index (χ2v) is 12.3. The van der Waals surface area contributed by atoms with Gasteiger partial charge < -0.3 is 9.13 Å². The molecule has 0 bridgehead atoms. The van der Waals surface area contributed by atoms with Crippen LogP contribution in [0.15, 0.2) is 152 Å². The molecular weight excluding hydrogens is 611 g/mol. The van der Waals surface area contributed by atoms with Crippen molar-refractivity contribution in [2.75, 3.05) is 0 Å². The molecule has 230 valence electrons. The molecule has 0 amide bonds. The van der Waals surface area contributed by atoms with Gasteiger partial charge in [0.2, 0.25) is 0 Å². The van der Waals surface area contributed by atoms with E-state index in [0.29, 0.717) is 16.7 Å². The van der Waals surface area contributed by atoms with Gasteiger partial charge in [-0.05, 0) is 83.4 Å². The van der Waals surface area contributed by atoms with Gasteiger partial charge in [-0.2, -0.15) is 15.8 Å². The van der Waals surface area contributed by atoms with Crippen LogP contribution in [-0.2, 0) is 0 Å². The Morgan fingerprint density at radius 3 is 1.60 bits per heavy atom. The summed E-state index contributed by atoms with van der Waals surface area (Å²) in [6.07, 6.45) is 0. The molecule has 0 N–H and O–H groups in total. The van der Waals surface area contributed by atoms with Crippen molar-refractivity contribution in [2.24, 2.45) is 0 Å². The molecule has 0 aliphatic rings. The lowest BCUT2D eigenvalue weighted by molar-refractivity contribution is 1.18. The van der Waals surface area contributed by atoms with Crippen LogP contribution in [-0.4, -0.2) is 9.13 Å². The van der Waals surface area contributed by atoms with E-state index in [0.717, 1.165) is 55.4 Å². The standard InChI is InChI=1S/C45H25N5/c46-26-29-13-23-42-39(24-29)38-22-12-30(27-47)25-44(38)50(42)43-11-5-6-34(28-48)45(43)33-16-14-31(15-17-33)32-18-20-35(21-19-32)49-40-9-3-1-7-36(40)37-8-2-4-10-41(37)49/h1-25H. The summed E-state index contributed by atoms with van der Waals surface area (Å²) < 4.78 is 4.41. The first kappa shape index (κ1) is 28.8. The molecular formula is C45H25N5. The lowest BCUT2D eigenvalue weighted by Crippen LogP contribution is -1.99. The summed E-state index contributed by atoms with van der Waals surface area (Å²) in [6, 6.07) is 57.9. The van der Waals surface area contributed by atoms with Gasteiger partial charge in [0.1, 0.15) is 0 Å². The van der Waals surface area contributed by atoms with Gasteiger partial charge in [0.25, 0.3) is 0 Å². The second-order valence-electron chi connectivity index (χ2n) is 12.3. The van der Waals surface area contributed by atoms with Gasteiger partial charge in [-0.3, -0.25) is 0 Å².